The normalized spacial score (nSPS) is 19.1. The molecule has 0 N–H and O–H groups in total. The standard InChI is InChI=1S/C21H18O3/c1-13(2)21(3)12-16-18(24-21)10-9-15-17(22)11-19(23-20(15)16)14-7-5-4-6-8-14/h4-11H,1,12H2,2-3H3. The summed E-state index contributed by atoms with van der Waals surface area (Å²) in [5.41, 5.74) is 2.89. The van der Waals surface area contributed by atoms with E-state index in [0.29, 0.717) is 23.2 Å². The Kier molecular flexibility index (Phi) is 3.14. The van der Waals surface area contributed by atoms with Gasteiger partial charge in [-0.1, -0.05) is 36.9 Å². The number of hydrogen-bond acceptors (Lipinski definition) is 3. The van der Waals surface area contributed by atoms with Crippen molar-refractivity contribution in [2.24, 2.45) is 0 Å². The summed E-state index contributed by atoms with van der Waals surface area (Å²) in [6.45, 7) is 8.01. The average Bonchev–Trinajstić information content (AvgIpc) is 2.94. The molecule has 2 heterocycles. The van der Waals surface area contributed by atoms with Gasteiger partial charge in [0, 0.05) is 23.6 Å². The van der Waals surface area contributed by atoms with Crippen molar-refractivity contribution >= 4 is 11.0 Å². The Morgan fingerprint density at radius 1 is 1.17 bits per heavy atom. The number of ether oxygens (including phenoxy) is 1. The third-order valence-corrected chi connectivity index (χ3v) is 4.77. The van der Waals surface area contributed by atoms with Crippen molar-refractivity contribution in [3.8, 4) is 17.1 Å². The number of hydrogen-bond donors (Lipinski definition) is 0. The van der Waals surface area contributed by atoms with Crippen LogP contribution in [0.4, 0.5) is 0 Å². The van der Waals surface area contributed by atoms with E-state index in [1.807, 2.05) is 50.2 Å². The van der Waals surface area contributed by atoms with Gasteiger partial charge in [-0.2, -0.15) is 0 Å². The van der Waals surface area contributed by atoms with Gasteiger partial charge in [-0.3, -0.25) is 4.79 Å². The molecule has 0 amide bonds. The molecule has 0 bridgehead atoms. The second-order valence-corrected chi connectivity index (χ2v) is 6.55. The molecule has 0 spiro atoms. The predicted octanol–water partition coefficient (Wildman–Crippen LogP) is 4.73. The van der Waals surface area contributed by atoms with Crippen molar-refractivity contribution in [2.45, 2.75) is 25.9 Å². The summed E-state index contributed by atoms with van der Waals surface area (Å²) in [7, 11) is 0. The lowest BCUT2D eigenvalue weighted by Crippen LogP contribution is -2.30. The van der Waals surface area contributed by atoms with E-state index in [-0.39, 0.29) is 5.43 Å². The van der Waals surface area contributed by atoms with Gasteiger partial charge in [0.2, 0.25) is 0 Å². The summed E-state index contributed by atoms with van der Waals surface area (Å²) in [5, 5.41) is 0.586. The van der Waals surface area contributed by atoms with Crippen molar-refractivity contribution in [1.29, 1.82) is 0 Å². The van der Waals surface area contributed by atoms with Gasteiger partial charge in [0.15, 0.2) is 5.43 Å². The molecule has 24 heavy (non-hydrogen) atoms. The van der Waals surface area contributed by atoms with Crippen LogP contribution in [0.1, 0.15) is 19.4 Å². The summed E-state index contributed by atoms with van der Waals surface area (Å²) in [5.74, 6) is 1.34. The minimum atomic E-state index is -0.460. The molecule has 3 heteroatoms. The van der Waals surface area contributed by atoms with Gasteiger partial charge in [0.1, 0.15) is 22.7 Å². The van der Waals surface area contributed by atoms with Gasteiger partial charge in [0.05, 0.1) is 5.39 Å². The van der Waals surface area contributed by atoms with Crippen LogP contribution >= 0.6 is 0 Å². The minimum Gasteiger partial charge on any atom is -0.482 e. The Balaban J connectivity index is 1.96. The quantitative estimate of drug-likeness (QED) is 0.641. The maximum atomic E-state index is 12.5. The molecule has 2 aromatic carbocycles. The van der Waals surface area contributed by atoms with Gasteiger partial charge in [0.25, 0.3) is 0 Å². The smallest absolute Gasteiger partial charge is 0.193 e. The first kappa shape index (κ1) is 14.8. The van der Waals surface area contributed by atoms with Crippen molar-refractivity contribution < 1.29 is 9.15 Å². The molecule has 1 unspecified atom stereocenters. The van der Waals surface area contributed by atoms with Gasteiger partial charge < -0.3 is 9.15 Å². The maximum Gasteiger partial charge on any atom is 0.193 e. The van der Waals surface area contributed by atoms with Gasteiger partial charge in [-0.05, 0) is 31.6 Å². The number of rotatable bonds is 2. The Morgan fingerprint density at radius 2 is 1.92 bits per heavy atom. The largest absolute Gasteiger partial charge is 0.482 e. The first-order valence-electron chi connectivity index (χ1n) is 7.98. The van der Waals surface area contributed by atoms with Crippen LogP contribution < -0.4 is 10.2 Å². The summed E-state index contributed by atoms with van der Waals surface area (Å²) in [6, 6.07) is 14.8. The van der Waals surface area contributed by atoms with E-state index in [2.05, 4.69) is 6.58 Å². The lowest BCUT2D eigenvalue weighted by atomic mass is 9.92. The first-order chi connectivity index (χ1) is 11.5. The zero-order valence-electron chi connectivity index (χ0n) is 13.8. The number of benzene rings is 2. The summed E-state index contributed by atoms with van der Waals surface area (Å²) >= 11 is 0. The zero-order valence-corrected chi connectivity index (χ0v) is 13.8. The molecular weight excluding hydrogens is 300 g/mol. The Bertz CT molecular complexity index is 1010. The van der Waals surface area contributed by atoms with E-state index in [4.69, 9.17) is 9.15 Å². The SMILES string of the molecule is C=C(C)C1(C)Cc2c(ccc3c(=O)cc(-c4ccccc4)oc23)O1. The molecule has 1 aliphatic heterocycles. The molecule has 0 saturated heterocycles. The fourth-order valence-electron chi connectivity index (χ4n) is 3.12. The van der Waals surface area contributed by atoms with Crippen LogP contribution in [-0.4, -0.2) is 5.60 Å². The van der Waals surface area contributed by atoms with Crippen molar-refractivity contribution in [3.63, 3.8) is 0 Å². The van der Waals surface area contributed by atoms with Gasteiger partial charge >= 0.3 is 0 Å². The van der Waals surface area contributed by atoms with Crippen molar-refractivity contribution in [3.05, 3.63) is 76.5 Å². The highest BCUT2D eigenvalue weighted by atomic mass is 16.5. The summed E-state index contributed by atoms with van der Waals surface area (Å²) in [4.78, 5) is 12.5. The van der Waals surface area contributed by atoms with Crippen LogP contribution in [0.3, 0.4) is 0 Å². The van der Waals surface area contributed by atoms with Crippen LogP contribution in [0.5, 0.6) is 5.75 Å². The molecule has 3 nitrogen and oxygen atoms in total. The molecule has 1 atom stereocenters. The van der Waals surface area contributed by atoms with Crippen LogP contribution in [0.2, 0.25) is 0 Å². The average molecular weight is 318 g/mol. The Hall–Kier alpha value is -2.81. The third-order valence-electron chi connectivity index (χ3n) is 4.77. The second kappa shape index (κ2) is 5.10. The fraction of sp³-hybridized carbons (Fsp3) is 0.190. The van der Waals surface area contributed by atoms with Gasteiger partial charge in [-0.25, -0.2) is 0 Å². The topological polar surface area (TPSA) is 39.4 Å². The van der Waals surface area contributed by atoms with Crippen LogP contribution in [0.15, 0.2) is 69.9 Å². The molecule has 0 fully saturated rings. The summed E-state index contributed by atoms with van der Waals surface area (Å²) in [6.07, 6.45) is 0.649. The maximum absolute atomic E-state index is 12.5. The molecule has 1 aromatic heterocycles. The van der Waals surface area contributed by atoms with E-state index in [1.54, 1.807) is 12.1 Å². The Morgan fingerprint density at radius 3 is 2.62 bits per heavy atom. The van der Waals surface area contributed by atoms with Crippen molar-refractivity contribution in [1.82, 2.24) is 0 Å². The molecule has 0 aliphatic carbocycles. The third kappa shape index (κ3) is 2.16. The van der Waals surface area contributed by atoms with E-state index >= 15 is 0 Å². The van der Waals surface area contributed by atoms with E-state index < -0.39 is 5.60 Å². The highest BCUT2D eigenvalue weighted by molar-refractivity contribution is 5.84. The number of fused-ring (bicyclic) bond motifs is 3. The molecule has 3 aromatic rings. The van der Waals surface area contributed by atoms with Crippen LogP contribution in [-0.2, 0) is 6.42 Å². The first-order valence-corrected chi connectivity index (χ1v) is 7.98. The molecule has 120 valence electrons. The van der Waals surface area contributed by atoms with Crippen LogP contribution in [0, 0.1) is 0 Å². The molecule has 0 saturated carbocycles. The Labute approximate surface area is 140 Å². The monoisotopic (exact) mass is 318 g/mol. The fourth-order valence-corrected chi connectivity index (χ4v) is 3.12. The zero-order chi connectivity index (χ0) is 16.9. The minimum absolute atomic E-state index is 0.0400. The molecular formula is C21H18O3. The molecule has 4 rings (SSSR count). The second-order valence-electron chi connectivity index (χ2n) is 6.55. The molecule has 0 radical (unpaired) electrons. The molecule has 1 aliphatic rings. The highest BCUT2D eigenvalue weighted by Crippen LogP contribution is 2.42. The summed E-state index contributed by atoms with van der Waals surface area (Å²) < 4.78 is 12.2. The predicted molar refractivity (Wildman–Crippen MR) is 95.5 cm³/mol. The lowest BCUT2D eigenvalue weighted by Gasteiger charge is -2.23. The van der Waals surface area contributed by atoms with Crippen molar-refractivity contribution in [2.75, 3.05) is 0 Å². The van der Waals surface area contributed by atoms with E-state index in [0.717, 1.165) is 22.4 Å². The van der Waals surface area contributed by atoms with E-state index in [9.17, 15) is 4.79 Å². The highest BCUT2D eigenvalue weighted by Gasteiger charge is 2.37. The van der Waals surface area contributed by atoms with Crippen LogP contribution in [0.25, 0.3) is 22.3 Å². The lowest BCUT2D eigenvalue weighted by molar-refractivity contribution is 0.157. The van der Waals surface area contributed by atoms with E-state index in [1.165, 1.54) is 0 Å². The van der Waals surface area contributed by atoms with Gasteiger partial charge in [-0.15, -0.1) is 0 Å².